The predicted octanol–water partition coefficient (Wildman–Crippen LogP) is -1.12. The molecule has 1 unspecified atom stereocenters. The first kappa shape index (κ1) is 14.0. The third-order valence-corrected chi connectivity index (χ3v) is 3.09. The average molecular weight is 275 g/mol. The van der Waals surface area contributed by atoms with Gasteiger partial charge in [-0.05, 0) is 6.42 Å². The molecule has 0 spiro atoms. The molecule has 0 aliphatic carbocycles. The van der Waals surface area contributed by atoms with Crippen molar-refractivity contribution in [3.8, 4) is 0 Å². The van der Waals surface area contributed by atoms with Crippen LogP contribution in [-0.2, 0) is 19.0 Å². The first-order valence-corrected chi connectivity index (χ1v) is 6.17. The SMILES string of the molecule is CCCC(=O)N[C@H]1C(O)O[C@@H]2COC(=O)O[C@H]2[C@@H]1O. The Morgan fingerprint density at radius 2 is 2.21 bits per heavy atom. The van der Waals surface area contributed by atoms with E-state index < -0.39 is 36.8 Å². The zero-order valence-corrected chi connectivity index (χ0v) is 10.4. The molecule has 8 heteroatoms. The molecular weight excluding hydrogens is 258 g/mol. The number of aliphatic hydroxyl groups is 2. The van der Waals surface area contributed by atoms with E-state index in [9.17, 15) is 19.8 Å². The van der Waals surface area contributed by atoms with E-state index >= 15 is 0 Å². The fourth-order valence-electron chi connectivity index (χ4n) is 2.15. The minimum absolute atomic E-state index is 0.104. The fourth-order valence-corrected chi connectivity index (χ4v) is 2.15. The Morgan fingerprint density at radius 1 is 1.47 bits per heavy atom. The zero-order chi connectivity index (χ0) is 14.0. The molecule has 2 aliphatic heterocycles. The summed E-state index contributed by atoms with van der Waals surface area (Å²) in [4.78, 5) is 22.5. The monoisotopic (exact) mass is 275 g/mol. The van der Waals surface area contributed by atoms with Crippen molar-refractivity contribution in [1.29, 1.82) is 0 Å². The minimum Gasteiger partial charge on any atom is -0.431 e. The van der Waals surface area contributed by atoms with Gasteiger partial charge in [-0.15, -0.1) is 0 Å². The van der Waals surface area contributed by atoms with Crippen LogP contribution in [0.1, 0.15) is 19.8 Å². The maximum absolute atomic E-state index is 11.5. The summed E-state index contributed by atoms with van der Waals surface area (Å²) in [6.45, 7) is 1.73. The van der Waals surface area contributed by atoms with Crippen LogP contribution in [0, 0.1) is 0 Å². The number of hydrogen-bond donors (Lipinski definition) is 3. The molecular formula is C11H17NO7. The molecule has 2 aliphatic rings. The summed E-state index contributed by atoms with van der Waals surface area (Å²) in [5, 5.41) is 22.3. The van der Waals surface area contributed by atoms with Crippen LogP contribution in [0.25, 0.3) is 0 Å². The fraction of sp³-hybridized carbons (Fsp3) is 0.818. The second-order valence-corrected chi connectivity index (χ2v) is 4.54. The number of fused-ring (bicyclic) bond motifs is 1. The molecule has 19 heavy (non-hydrogen) atoms. The van der Waals surface area contributed by atoms with Gasteiger partial charge in [0.25, 0.3) is 0 Å². The van der Waals surface area contributed by atoms with E-state index in [4.69, 9.17) is 9.47 Å². The van der Waals surface area contributed by atoms with Crippen LogP contribution in [0.15, 0.2) is 0 Å². The molecule has 2 heterocycles. The van der Waals surface area contributed by atoms with E-state index in [2.05, 4.69) is 10.1 Å². The van der Waals surface area contributed by atoms with Gasteiger partial charge < -0.3 is 29.7 Å². The number of cyclic esters (lactones) is 1. The normalized spacial score (nSPS) is 37.8. The Kier molecular flexibility index (Phi) is 4.23. The lowest BCUT2D eigenvalue weighted by Gasteiger charge is -2.43. The minimum atomic E-state index is -1.38. The maximum Gasteiger partial charge on any atom is 0.508 e. The van der Waals surface area contributed by atoms with E-state index in [-0.39, 0.29) is 18.9 Å². The Labute approximate surface area is 109 Å². The Balaban J connectivity index is 2.03. The van der Waals surface area contributed by atoms with Gasteiger partial charge in [0, 0.05) is 6.42 Å². The van der Waals surface area contributed by atoms with E-state index in [1.807, 2.05) is 6.92 Å². The van der Waals surface area contributed by atoms with Crippen molar-refractivity contribution in [2.45, 2.75) is 50.4 Å². The Morgan fingerprint density at radius 3 is 2.89 bits per heavy atom. The molecule has 1 amide bonds. The van der Waals surface area contributed by atoms with Crippen LogP contribution in [0.5, 0.6) is 0 Å². The number of rotatable bonds is 3. The van der Waals surface area contributed by atoms with Crippen LogP contribution < -0.4 is 5.32 Å². The van der Waals surface area contributed by atoms with Gasteiger partial charge >= 0.3 is 6.16 Å². The standard InChI is InChI=1S/C11H17NO7/c1-2-3-6(13)12-7-8(14)9-5(18-10(7)15)4-17-11(16)19-9/h5,7-10,14-15H,2-4H2,1H3,(H,12,13)/t5-,7-,8-,9-,10?/m1/s1. The summed E-state index contributed by atoms with van der Waals surface area (Å²) < 4.78 is 14.6. The number of ether oxygens (including phenoxy) is 3. The van der Waals surface area contributed by atoms with Crippen LogP contribution in [0.2, 0.25) is 0 Å². The van der Waals surface area contributed by atoms with Crippen molar-refractivity contribution in [2.24, 2.45) is 0 Å². The second-order valence-electron chi connectivity index (χ2n) is 4.54. The number of carbonyl (C=O) groups excluding carboxylic acids is 2. The summed E-state index contributed by atoms with van der Waals surface area (Å²) in [5.74, 6) is -0.314. The van der Waals surface area contributed by atoms with E-state index in [1.165, 1.54) is 0 Å². The van der Waals surface area contributed by atoms with Gasteiger partial charge in [-0.2, -0.15) is 0 Å². The van der Waals surface area contributed by atoms with Gasteiger partial charge in [-0.1, -0.05) is 6.92 Å². The molecule has 0 aromatic carbocycles. The summed E-state index contributed by atoms with van der Waals surface area (Å²) in [7, 11) is 0. The number of aliphatic hydroxyl groups excluding tert-OH is 2. The van der Waals surface area contributed by atoms with Gasteiger partial charge in [0.15, 0.2) is 12.4 Å². The number of carbonyl (C=O) groups is 2. The van der Waals surface area contributed by atoms with Crippen molar-refractivity contribution in [3.63, 3.8) is 0 Å². The van der Waals surface area contributed by atoms with Crippen LogP contribution in [0.3, 0.4) is 0 Å². The van der Waals surface area contributed by atoms with E-state index in [0.717, 1.165) is 0 Å². The highest BCUT2D eigenvalue weighted by atomic mass is 16.8. The highest BCUT2D eigenvalue weighted by Gasteiger charge is 2.49. The quantitative estimate of drug-likeness (QED) is 0.559. The maximum atomic E-state index is 11.5. The Hall–Kier alpha value is -1.38. The molecule has 0 radical (unpaired) electrons. The summed E-state index contributed by atoms with van der Waals surface area (Å²) in [5.41, 5.74) is 0. The number of nitrogens with one attached hydrogen (secondary N) is 1. The third-order valence-electron chi connectivity index (χ3n) is 3.09. The molecule has 2 fully saturated rings. The molecule has 0 aromatic rings. The highest BCUT2D eigenvalue weighted by Crippen LogP contribution is 2.26. The smallest absolute Gasteiger partial charge is 0.431 e. The van der Waals surface area contributed by atoms with Crippen LogP contribution >= 0.6 is 0 Å². The molecule has 2 rings (SSSR count). The van der Waals surface area contributed by atoms with E-state index in [1.54, 1.807) is 0 Å². The summed E-state index contributed by atoms with van der Waals surface area (Å²) >= 11 is 0. The third kappa shape index (κ3) is 2.96. The van der Waals surface area contributed by atoms with E-state index in [0.29, 0.717) is 6.42 Å². The first-order chi connectivity index (χ1) is 9.02. The largest absolute Gasteiger partial charge is 0.508 e. The Bertz CT molecular complexity index is 361. The van der Waals surface area contributed by atoms with Crippen LogP contribution in [-0.4, -0.2) is 59.5 Å². The van der Waals surface area contributed by atoms with Crippen molar-refractivity contribution in [3.05, 3.63) is 0 Å². The molecule has 0 saturated carbocycles. The van der Waals surface area contributed by atoms with Crippen molar-refractivity contribution in [1.82, 2.24) is 5.32 Å². The molecule has 0 aromatic heterocycles. The molecule has 0 bridgehead atoms. The first-order valence-electron chi connectivity index (χ1n) is 6.17. The summed E-state index contributed by atoms with van der Waals surface area (Å²) in [6, 6.07) is -1.04. The lowest BCUT2D eigenvalue weighted by atomic mass is 9.96. The van der Waals surface area contributed by atoms with Gasteiger partial charge in [0.05, 0.1) is 0 Å². The average Bonchev–Trinajstić information content (AvgIpc) is 2.36. The predicted molar refractivity (Wildman–Crippen MR) is 59.9 cm³/mol. The summed E-state index contributed by atoms with van der Waals surface area (Å²) in [6.07, 6.45) is -4.33. The molecule has 3 N–H and O–H groups in total. The van der Waals surface area contributed by atoms with Crippen molar-refractivity contribution >= 4 is 12.1 Å². The second kappa shape index (κ2) is 5.72. The highest BCUT2D eigenvalue weighted by molar-refractivity contribution is 5.76. The lowest BCUT2D eigenvalue weighted by molar-refractivity contribution is -0.270. The molecule has 2 saturated heterocycles. The lowest BCUT2D eigenvalue weighted by Crippen LogP contribution is -2.66. The number of hydrogen-bond acceptors (Lipinski definition) is 7. The van der Waals surface area contributed by atoms with Gasteiger partial charge in [-0.3, -0.25) is 4.79 Å². The van der Waals surface area contributed by atoms with Gasteiger partial charge in [0.2, 0.25) is 5.91 Å². The van der Waals surface area contributed by atoms with Crippen molar-refractivity contribution in [2.75, 3.05) is 6.61 Å². The number of amides is 1. The molecule has 8 nitrogen and oxygen atoms in total. The van der Waals surface area contributed by atoms with Gasteiger partial charge in [0.1, 0.15) is 24.9 Å². The topological polar surface area (TPSA) is 114 Å². The van der Waals surface area contributed by atoms with Gasteiger partial charge in [-0.25, -0.2) is 4.79 Å². The van der Waals surface area contributed by atoms with Crippen LogP contribution in [0.4, 0.5) is 4.79 Å². The molecule has 5 atom stereocenters. The zero-order valence-electron chi connectivity index (χ0n) is 10.4. The van der Waals surface area contributed by atoms with Crippen molar-refractivity contribution < 1.29 is 34.0 Å². The molecule has 108 valence electrons.